The van der Waals surface area contributed by atoms with Crippen molar-refractivity contribution < 1.29 is 13.0 Å². The summed E-state index contributed by atoms with van der Waals surface area (Å²) in [6, 6.07) is 0. The molecule has 0 radical (unpaired) electrons. The minimum Gasteiger partial charge on any atom is -0.413 e. The van der Waals surface area contributed by atoms with Crippen LogP contribution in [0.25, 0.3) is 0 Å². The average molecular weight is 247 g/mol. The van der Waals surface area contributed by atoms with Crippen LogP contribution in [0.2, 0.25) is 0 Å². The second kappa shape index (κ2) is 3.27. The Morgan fingerprint density at radius 3 is 2.15 bits per heavy atom. The summed E-state index contributed by atoms with van der Waals surface area (Å²) >= 11 is 3.25. The van der Waals surface area contributed by atoms with Crippen LogP contribution in [0.5, 0.6) is 0 Å². The van der Waals surface area contributed by atoms with Gasteiger partial charge in [-0.05, 0) is 32.9 Å². The number of ether oxygens (including phenoxy) is 1. The van der Waals surface area contributed by atoms with Crippen molar-refractivity contribution in [1.82, 2.24) is 0 Å². The number of quaternary nitrogens is 1. The quantitative estimate of drug-likeness (QED) is 0.615. The molecule has 1 aliphatic rings. The van der Waals surface area contributed by atoms with E-state index >= 15 is 0 Å². The van der Waals surface area contributed by atoms with Crippen molar-refractivity contribution in [2.45, 2.75) is 26.4 Å². The van der Waals surface area contributed by atoms with E-state index in [9.17, 15) is 4.79 Å². The molecule has 0 aromatic heterocycles. The van der Waals surface area contributed by atoms with E-state index in [2.05, 4.69) is 16.1 Å². The molecule has 1 rings (SSSR count). The van der Waals surface area contributed by atoms with Gasteiger partial charge in [-0.15, -0.1) is 3.51 Å². The summed E-state index contributed by atoms with van der Waals surface area (Å²) in [5.41, 5.74) is -0.458. The van der Waals surface area contributed by atoms with Gasteiger partial charge in [0.25, 0.3) is 16.1 Å². The van der Waals surface area contributed by atoms with E-state index < -0.39 is 5.60 Å². The van der Waals surface area contributed by atoms with Gasteiger partial charge in [0.1, 0.15) is 18.0 Å². The summed E-state index contributed by atoms with van der Waals surface area (Å²) in [6.07, 6.45) is 6.65. The van der Waals surface area contributed by atoms with Gasteiger partial charge in [-0.2, -0.15) is 4.79 Å². The predicted molar refractivity (Wildman–Crippen MR) is 53.7 cm³/mol. The maximum absolute atomic E-state index is 11.6. The minimum absolute atomic E-state index is 0.0930. The Morgan fingerprint density at radius 1 is 1.31 bits per heavy atom. The van der Waals surface area contributed by atoms with Crippen molar-refractivity contribution in [3.05, 3.63) is 24.6 Å². The van der Waals surface area contributed by atoms with Crippen LogP contribution in [0.15, 0.2) is 24.6 Å². The Balaban J connectivity index is 2.69. The molecule has 0 bridgehead atoms. The van der Waals surface area contributed by atoms with Gasteiger partial charge in [-0.25, -0.2) is 0 Å². The molecule has 0 aliphatic carbocycles. The average Bonchev–Trinajstić information content (AvgIpc) is 2.33. The number of amides is 1. The lowest BCUT2D eigenvalue weighted by Crippen LogP contribution is -2.37. The van der Waals surface area contributed by atoms with Gasteiger partial charge in [-0.1, -0.05) is 0 Å². The third kappa shape index (κ3) is 2.67. The summed E-state index contributed by atoms with van der Waals surface area (Å²) in [5.74, 6) is 0. The molecule has 0 N–H and O–H groups in total. The number of hydrogen-bond acceptors (Lipinski definition) is 2. The monoisotopic (exact) mass is 246 g/mol. The van der Waals surface area contributed by atoms with Gasteiger partial charge in [0, 0.05) is 0 Å². The highest BCUT2D eigenvalue weighted by atomic mass is 79.9. The molecular formula is C9H13BrNO2+. The van der Waals surface area contributed by atoms with E-state index in [1.807, 2.05) is 20.8 Å². The second-order valence-corrected chi connectivity index (χ2v) is 5.02. The second-order valence-electron chi connectivity index (χ2n) is 3.85. The maximum atomic E-state index is 11.6. The number of halogens is 1. The number of carbonyl (C=O) groups is 1. The molecule has 0 saturated heterocycles. The van der Waals surface area contributed by atoms with Crippen LogP contribution < -0.4 is 0 Å². The van der Waals surface area contributed by atoms with Gasteiger partial charge in [0.15, 0.2) is 0 Å². The molecule has 0 aromatic carbocycles. The lowest BCUT2D eigenvalue weighted by atomic mass is 10.2. The first-order valence-corrected chi connectivity index (χ1v) is 4.73. The Morgan fingerprint density at radius 2 is 1.77 bits per heavy atom. The van der Waals surface area contributed by atoms with E-state index in [4.69, 9.17) is 4.74 Å². The molecule has 0 aromatic rings. The number of carbonyl (C=O) groups excluding carboxylic acids is 1. The van der Waals surface area contributed by atoms with Crippen LogP contribution in [-0.2, 0) is 4.74 Å². The minimum atomic E-state index is -0.458. The number of hydrogen-bond donors (Lipinski definition) is 0. The highest BCUT2D eigenvalue weighted by molar-refractivity contribution is 9.05. The van der Waals surface area contributed by atoms with Gasteiger partial charge in [0.05, 0.1) is 0 Å². The largest absolute Gasteiger partial charge is 0.536 e. The molecule has 0 atom stereocenters. The number of nitrogens with zero attached hydrogens (tertiary/aromatic N) is 1. The third-order valence-corrected chi connectivity index (χ3v) is 2.15. The Kier molecular flexibility index (Phi) is 2.63. The van der Waals surface area contributed by atoms with Crippen LogP contribution in [0, 0.1) is 0 Å². The lowest BCUT2D eigenvalue weighted by Gasteiger charge is -2.22. The fraction of sp³-hybridized carbons (Fsp3) is 0.444. The molecule has 0 spiro atoms. The molecule has 4 heteroatoms. The summed E-state index contributed by atoms with van der Waals surface area (Å²) in [5, 5.41) is 0. The van der Waals surface area contributed by atoms with Crippen LogP contribution in [0.1, 0.15) is 20.8 Å². The summed E-state index contributed by atoms with van der Waals surface area (Å²) < 4.78 is 5.12. The van der Waals surface area contributed by atoms with Crippen molar-refractivity contribution in [2.24, 2.45) is 0 Å². The summed E-state index contributed by atoms with van der Waals surface area (Å²) in [6.45, 7) is 5.52. The lowest BCUT2D eigenvalue weighted by molar-refractivity contribution is -0.579. The molecule has 1 aliphatic heterocycles. The molecule has 0 unspecified atom stereocenters. The Bertz CT molecular complexity index is 264. The maximum Gasteiger partial charge on any atom is 0.536 e. The van der Waals surface area contributed by atoms with Crippen LogP contribution in [0.4, 0.5) is 4.79 Å². The fourth-order valence-corrected chi connectivity index (χ4v) is 1.20. The van der Waals surface area contributed by atoms with Crippen LogP contribution in [-0.4, -0.2) is 15.2 Å². The highest BCUT2D eigenvalue weighted by Gasteiger charge is 2.37. The summed E-state index contributed by atoms with van der Waals surface area (Å²) in [7, 11) is 0. The first kappa shape index (κ1) is 10.5. The van der Waals surface area contributed by atoms with Crippen molar-refractivity contribution in [3.63, 3.8) is 0 Å². The van der Waals surface area contributed by atoms with Crippen molar-refractivity contribution in [3.8, 4) is 0 Å². The van der Waals surface area contributed by atoms with E-state index in [1.165, 1.54) is 0 Å². The topological polar surface area (TPSA) is 26.3 Å². The molecule has 0 fully saturated rings. The third-order valence-electron chi connectivity index (χ3n) is 1.39. The molecule has 0 saturated carbocycles. The Hall–Kier alpha value is -0.610. The molecule has 72 valence electrons. The van der Waals surface area contributed by atoms with Gasteiger partial charge < -0.3 is 4.74 Å². The Labute approximate surface area is 86.6 Å². The molecule has 13 heavy (non-hydrogen) atoms. The van der Waals surface area contributed by atoms with E-state index in [1.54, 1.807) is 24.6 Å². The molecule has 1 heterocycles. The van der Waals surface area contributed by atoms with Crippen molar-refractivity contribution >= 4 is 22.2 Å². The normalized spacial score (nSPS) is 19.1. The smallest absolute Gasteiger partial charge is 0.413 e. The van der Waals surface area contributed by atoms with Gasteiger partial charge in [-0.3, -0.25) is 0 Å². The fourth-order valence-electron chi connectivity index (χ4n) is 0.853. The molecule has 3 nitrogen and oxygen atoms in total. The van der Waals surface area contributed by atoms with E-state index in [-0.39, 0.29) is 9.60 Å². The zero-order valence-corrected chi connectivity index (χ0v) is 9.54. The molecule has 1 amide bonds. The standard InChI is InChI=1S/C9H13BrNO2/c1-9(2,3)13-8(12)11(10)6-4-5-7-11/h4-7H,1-3H3/q+1. The van der Waals surface area contributed by atoms with E-state index in [0.29, 0.717) is 0 Å². The van der Waals surface area contributed by atoms with Crippen molar-refractivity contribution in [1.29, 1.82) is 0 Å². The first-order valence-electron chi connectivity index (χ1n) is 4.02. The zero-order chi connectivity index (χ0) is 10.1. The zero-order valence-electron chi connectivity index (χ0n) is 7.95. The van der Waals surface area contributed by atoms with Gasteiger partial charge >= 0.3 is 6.09 Å². The highest BCUT2D eigenvalue weighted by Crippen LogP contribution is 2.26. The number of allylic oxidation sites excluding steroid dienone is 2. The van der Waals surface area contributed by atoms with E-state index in [0.717, 1.165) is 0 Å². The van der Waals surface area contributed by atoms with Gasteiger partial charge in [0.2, 0.25) is 0 Å². The SMILES string of the molecule is CC(C)(C)OC(=O)[N+]1(Br)C=CC=C1. The van der Waals surface area contributed by atoms with Crippen molar-refractivity contribution in [2.75, 3.05) is 0 Å². The van der Waals surface area contributed by atoms with Crippen LogP contribution in [0.3, 0.4) is 0 Å². The number of rotatable bonds is 0. The van der Waals surface area contributed by atoms with Crippen LogP contribution >= 0.6 is 16.1 Å². The summed E-state index contributed by atoms with van der Waals surface area (Å²) in [4.78, 5) is 11.6. The first-order chi connectivity index (χ1) is 5.83. The molecular weight excluding hydrogens is 234 g/mol. The predicted octanol–water partition coefficient (Wildman–Crippen LogP) is 3.09.